The summed E-state index contributed by atoms with van der Waals surface area (Å²) in [5.41, 5.74) is 0. The van der Waals surface area contributed by atoms with Crippen molar-refractivity contribution in [1.29, 1.82) is 0 Å². The molecule has 0 fully saturated rings. The van der Waals surface area contributed by atoms with Crippen molar-refractivity contribution in [2.75, 3.05) is 31.6 Å². The second-order valence-corrected chi connectivity index (χ2v) is 5.31. The van der Waals surface area contributed by atoms with Crippen molar-refractivity contribution >= 4 is 15.7 Å². The highest BCUT2D eigenvalue weighted by atomic mass is 32.2. The molecule has 0 radical (unpaired) electrons. The molecule has 84 valence electrons. The first-order valence-corrected chi connectivity index (χ1v) is 6.67. The van der Waals surface area contributed by atoms with Gasteiger partial charge in [0, 0.05) is 19.3 Å². The van der Waals surface area contributed by atoms with E-state index in [9.17, 15) is 13.2 Å². The zero-order chi connectivity index (χ0) is 11.0. The van der Waals surface area contributed by atoms with Gasteiger partial charge in [-0.1, -0.05) is 6.92 Å². The molecular formula is C8H18N2O3S. The topological polar surface area (TPSA) is 75.3 Å². The smallest absolute Gasteiger partial charge is 0.235 e. The Labute approximate surface area is 85.2 Å². The second-order valence-electron chi connectivity index (χ2n) is 3.17. The number of carbonyl (C=O) groups is 1. The average molecular weight is 222 g/mol. The molecular weight excluding hydrogens is 204 g/mol. The number of hydrogen-bond donors (Lipinski definition) is 2. The van der Waals surface area contributed by atoms with Gasteiger partial charge < -0.3 is 10.6 Å². The van der Waals surface area contributed by atoms with Gasteiger partial charge >= 0.3 is 0 Å². The van der Waals surface area contributed by atoms with Crippen LogP contribution in [-0.2, 0) is 14.6 Å². The first-order chi connectivity index (χ1) is 6.45. The molecule has 14 heavy (non-hydrogen) atoms. The number of rotatable bonds is 7. The maximum atomic E-state index is 11.0. The molecule has 0 rings (SSSR count). The van der Waals surface area contributed by atoms with Crippen molar-refractivity contribution in [2.24, 2.45) is 0 Å². The van der Waals surface area contributed by atoms with Gasteiger partial charge in [-0.15, -0.1) is 0 Å². The maximum Gasteiger partial charge on any atom is 0.235 e. The highest BCUT2D eigenvalue weighted by molar-refractivity contribution is 7.91. The van der Waals surface area contributed by atoms with Gasteiger partial charge in [-0.25, -0.2) is 8.42 Å². The number of carbonyl (C=O) groups excluding carboxylic acids is 1. The van der Waals surface area contributed by atoms with E-state index in [1.807, 2.05) is 0 Å². The normalized spacial score (nSPS) is 11.3. The minimum atomic E-state index is -3.20. The third-order valence-corrected chi connectivity index (χ3v) is 2.23. The van der Waals surface area contributed by atoms with Crippen molar-refractivity contribution in [3.63, 3.8) is 0 Å². The quantitative estimate of drug-likeness (QED) is 0.550. The maximum absolute atomic E-state index is 11.0. The SMILES string of the molecule is CCCNCCNC(=O)CS(C)(=O)=O. The summed E-state index contributed by atoms with van der Waals surface area (Å²) in [5.74, 6) is -0.869. The van der Waals surface area contributed by atoms with E-state index >= 15 is 0 Å². The Kier molecular flexibility index (Phi) is 6.48. The van der Waals surface area contributed by atoms with Crippen molar-refractivity contribution in [3.05, 3.63) is 0 Å². The fourth-order valence-corrected chi connectivity index (χ4v) is 1.46. The lowest BCUT2D eigenvalue weighted by molar-refractivity contribution is -0.118. The van der Waals surface area contributed by atoms with E-state index in [-0.39, 0.29) is 0 Å². The number of sulfone groups is 1. The van der Waals surface area contributed by atoms with E-state index in [1.54, 1.807) is 0 Å². The molecule has 6 heteroatoms. The standard InChI is InChI=1S/C8H18N2O3S/c1-3-4-9-5-6-10-8(11)7-14(2,12)13/h9H,3-7H2,1-2H3,(H,10,11). The second kappa shape index (κ2) is 6.78. The Hall–Kier alpha value is -0.620. The van der Waals surface area contributed by atoms with E-state index in [4.69, 9.17) is 0 Å². The van der Waals surface area contributed by atoms with E-state index < -0.39 is 21.5 Å². The molecule has 0 unspecified atom stereocenters. The molecule has 0 saturated heterocycles. The molecule has 0 aromatic rings. The van der Waals surface area contributed by atoms with Gasteiger partial charge in [0.25, 0.3) is 0 Å². The highest BCUT2D eigenvalue weighted by Gasteiger charge is 2.09. The van der Waals surface area contributed by atoms with Crippen LogP contribution < -0.4 is 10.6 Å². The largest absolute Gasteiger partial charge is 0.354 e. The van der Waals surface area contributed by atoms with Crippen LogP contribution in [0.1, 0.15) is 13.3 Å². The van der Waals surface area contributed by atoms with E-state index in [2.05, 4.69) is 17.6 Å². The van der Waals surface area contributed by atoms with Gasteiger partial charge in [-0.05, 0) is 13.0 Å². The molecule has 0 aliphatic carbocycles. The Bertz CT molecular complexity index is 262. The van der Waals surface area contributed by atoms with Gasteiger partial charge in [-0.2, -0.15) is 0 Å². The minimum Gasteiger partial charge on any atom is -0.354 e. The summed E-state index contributed by atoms with van der Waals surface area (Å²) in [6.45, 7) is 4.09. The fraction of sp³-hybridized carbons (Fsp3) is 0.875. The van der Waals surface area contributed by atoms with Crippen LogP contribution in [0.5, 0.6) is 0 Å². The predicted octanol–water partition coefficient (Wildman–Crippen LogP) is -0.853. The molecule has 5 nitrogen and oxygen atoms in total. The first-order valence-electron chi connectivity index (χ1n) is 4.61. The molecule has 0 bridgehead atoms. The summed E-state index contributed by atoms with van der Waals surface area (Å²) in [7, 11) is -3.20. The molecule has 1 amide bonds. The van der Waals surface area contributed by atoms with Crippen LogP contribution in [-0.4, -0.2) is 46.0 Å². The van der Waals surface area contributed by atoms with Crippen LogP contribution in [0, 0.1) is 0 Å². The molecule has 0 saturated carbocycles. The minimum absolute atomic E-state index is 0.430. The van der Waals surface area contributed by atoms with E-state index in [0.717, 1.165) is 19.2 Å². The van der Waals surface area contributed by atoms with Crippen LogP contribution in [0.15, 0.2) is 0 Å². The molecule has 0 atom stereocenters. The lowest BCUT2D eigenvalue weighted by Gasteiger charge is -2.04. The summed E-state index contributed by atoms with van der Waals surface area (Å²) in [4.78, 5) is 11.0. The fourth-order valence-electron chi connectivity index (χ4n) is 0.881. The molecule has 0 aliphatic heterocycles. The summed E-state index contributed by atoms with van der Waals surface area (Å²) in [6.07, 6.45) is 2.08. The van der Waals surface area contributed by atoms with Crippen LogP contribution in [0.25, 0.3) is 0 Å². The van der Waals surface area contributed by atoms with Crippen LogP contribution in [0.4, 0.5) is 0 Å². The van der Waals surface area contributed by atoms with Crippen LogP contribution in [0.2, 0.25) is 0 Å². The summed E-state index contributed by atoms with van der Waals surface area (Å²) in [6, 6.07) is 0. The van der Waals surface area contributed by atoms with Crippen molar-refractivity contribution < 1.29 is 13.2 Å². The van der Waals surface area contributed by atoms with Gasteiger partial charge in [0.1, 0.15) is 5.75 Å². The predicted molar refractivity (Wildman–Crippen MR) is 55.9 cm³/mol. The van der Waals surface area contributed by atoms with Gasteiger partial charge in [-0.3, -0.25) is 4.79 Å². The summed E-state index contributed by atoms with van der Waals surface area (Å²) >= 11 is 0. The molecule has 0 spiro atoms. The van der Waals surface area contributed by atoms with Crippen molar-refractivity contribution in [1.82, 2.24) is 10.6 Å². The lowest BCUT2D eigenvalue weighted by atomic mass is 10.4. The molecule has 0 aliphatic rings. The Morgan fingerprint density at radius 3 is 2.36 bits per heavy atom. The summed E-state index contributed by atoms with van der Waals surface area (Å²) < 4.78 is 21.4. The Morgan fingerprint density at radius 2 is 1.86 bits per heavy atom. The van der Waals surface area contributed by atoms with Crippen molar-refractivity contribution in [2.45, 2.75) is 13.3 Å². The molecule has 0 aromatic carbocycles. The van der Waals surface area contributed by atoms with Gasteiger partial charge in [0.2, 0.25) is 5.91 Å². The van der Waals surface area contributed by atoms with Crippen LogP contribution >= 0.6 is 0 Å². The number of hydrogen-bond acceptors (Lipinski definition) is 4. The molecule has 0 heterocycles. The van der Waals surface area contributed by atoms with Gasteiger partial charge in [0.05, 0.1) is 0 Å². The molecule has 2 N–H and O–H groups in total. The van der Waals surface area contributed by atoms with E-state index in [0.29, 0.717) is 13.1 Å². The van der Waals surface area contributed by atoms with Crippen LogP contribution in [0.3, 0.4) is 0 Å². The van der Waals surface area contributed by atoms with Gasteiger partial charge in [0.15, 0.2) is 9.84 Å². The van der Waals surface area contributed by atoms with Crippen molar-refractivity contribution in [3.8, 4) is 0 Å². The first kappa shape index (κ1) is 13.4. The zero-order valence-electron chi connectivity index (χ0n) is 8.67. The third-order valence-electron chi connectivity index (χ3n) is 1.44. The molecule has 0 aromatic heterocycles. The van der Waals surface area contributed by atoms with E-state index in [1.165, 1.54) is 0 Å². The monoisotopic (exact) mass is 222 g/mol. The highest BCUT2D eigenvalue weighted by Crippen LogP contribution is 1.81. The third kappa shape index (κ3) is 9.47. The summed E-state index contributed by atoms with van der Waals surface area (Å²) in [5, 5.41) is 5.61. The Balaban J connectivity index is 3.46. The Morgan fingerprint density at radius 1 is 1.21 bits per heavy atom. The number of nitrogens with one attached hydrogen (secondary N) is 2. The number of amides is 1. The lowest BCUT2D eigenvalue weighted by Crippen LogP contribution is -2.35. The average Bonchev–Trinajstić information content (AvgIpc) is 2.00. The zero-order valence-corrected chi connectivity index (χ0v) is 9.49.